The SMILES string of the molecule is C[C@@H](Oc1nc(-c2cc3c(cnn3C)s2)cc2ncn(C)c12)C1CNC(=O)C1. The number of ether oxygens (including phenoxy) is 1. The third-order valence-electron chi connectivity index (χ3n) is 5.32. The van der Waals surface area contributed by atoms with Crippen LogP contribution in [0, 0.1) is 5.92 Å². The highest BCUT2D eigenvalue weighted by Crippen LogP contribution is 2.36. The molecule has 0 bridgehead atoms. The van der Waals surface area contributed by atoms with Crippen LogP contribution in [0.4, 0.5) is 0 Å². The van der Waals surface area contributed by atoms with Gasteiger partial charge in [-0.1, -0.05) is 0 Å². The Balaban J connectivity index is 1.57. The number of fused-ring (bicyclic) bond motifs is 2. The highest BCUT2D eigenvalue weighted by atomic mass is 32.1. The number of aryl methyl sites for hydroxylation is 2. The lowest BCUT2D eigenvalue weighted by molar-refractivity contribution is -0.119. The number of aromatic nitrogens is 5. The van der Waals surface area contributed by atoms with Crippen LogP contribution in [0.2, 0.25) is 0 Å². The molecule has 144 valence electrons. The summed E-state index contributed by atoms with van der Waals surface area (Å²) in [7, 11) is 3.86. The maximum atomic E-state index is 11.6. The van der Waals surface area contributed by atoms with E-state index in [1.165, 1.54) is 0 Å². The van der Waals surface area contributed by atoms with Crippen molar-refractivity contribution in [2.24, 2.45) is 20.0 Å². The molecule has 5 rings (SSSR count). The summed E-state index contributed by atoms with van der Waals surface area (Å²) < 4.78 is 11.2. The fraction of sp³-hybridized carbons (Fsp3) is 0.368. The van der Waals surface area contributed by atoms with E-state index >= 15 is 0 Å². The molecule has 2 atom stereocenters. The van der Waals surface area contributed by atoms with Gasteiger partial charge in [-0.25, -0.2) is 9.97 Å². The summed E-state index contributed by atoms with van der Waals surface area (Å²) in [5.41, 5.74) is 3.60. The van der Waals surface area contributed by atoms with Crippen LogP contribution in [0.3, 0.4) is 0 Å². The Morgan fingerprint density at radius 3 is 2.96 bits per heavy atom. The van der Waals surface area contributed by atoms with Crippen molar-refractivity contribution in [3.8, 4) is 16.5 Å². The molecule has 1 aliphatic rings. The van der Waals surface area contributed by atoms with Gasteiger partial charge < -0.3 is 14.6 Å². The first kappa shape index (κ1) is 17.2. The highest BCUT2D eigenvalue weighted by Gasteiger charge is 2.29. The molecule has 28 heavy (non-hydrogen) atoms. The number of hydrogen-bond donors (Lipinski definition) is 1. The number of imidazole rings is 1. The Bertz CT molecular complexity index is 1210. The van der Waals surface area contributed by atoms with Crippen molar-refractivity contribution in [3.63, 3.8) is 0 Å². The van der Waals surface area contributed by atoms with E-state index in [9.17, 15) is 4.79 Å². The molecule has 1 N–H and O–H groups in total. The Kier molecular flexibility index (Phi) is 3.87. The second kappa shape index (κ2) is 6.30. The summed E-state index contributed by atoms with van der Waals surface area (Å²) in [6.07, 6.45) is 3.99. The molecule has 0 aromatic carbocycles. The van der Waals surface area contributed by atoms with Gasteiger partial charge in [-0.2, -0.15) is 5.10 Å². The number of rotatable bonds is 4. The minimum absolute atomic E-state index is 0.0757. The van der Waals surface area contributed by atoms with E-state index in [2.05, 4.69) is 21.5 Å². The zero-order valence-electron chi connectivity index (χ0n) is 15.8. The summed E-state index contributed by atoms with van der Waals surface area (Å²) in [5, 5.41) is 7.15. The van der Waals surface area contributed by atoms with E-state index in [0.717, 1.165) is 31.8 Å². The first-order chi connectivity index (χ1) is 13.5. The normalized spacial score (nSPS) is 18.1. The van der Waals surface area contributed by atoms with Crippen LogP contribution >= 0.6 is 11.3 Å². The minimum atomic E-state index is -0.133. The Morgan fingerprint density at radius 1 is 1.36 bits per heavy atom. The third-order valence-corrected chi connectivity index (χ3v) is 6.40. The van der Waals surface area contributed by atoms with Gasteiger partial charge in [-0.3, -0.25) is 9.48 Å². The fourth-order valence-corrected chi connectivity index (χ4v) is 4.66. The number of carbonyl (C=O) groups excluding carboxylic acids is 1. The monoisotopic (exact) mass is 396 g/mol. The first-order valence-corrected chi connectivity index (χ1v) is 9.98. The molecular formula is C19H20N6O2S. The van der Waals surface area contributed by atoms with Crippen LogP contribution in [-0.2, 0) is 18.9 Å². The zero-order chi connectivity index (χ0) is 19.4. The van der Waals surface area contributed by atoms with Gasteiger partial charge in [0.05, 0.1) is 38.8 Å². The average molecular weight is 396 g/mol. The van der Waals surface area contributed by atoms with Gasteiger partial charge in [0.15, 0.2) is 0 Å². The zero-order valence-corrected chi connectivity index (χ0v) is 16.7. The number of carbonyl (C=O) groups is 1. The second-order valence-electron chi connectivity index (χ2n) is 7.26. The summed E-state index contributed by atoms with van der Waals surface area (Å²) in [6.45, 7) is 2.63. The Hall–Kier alpha value is -2.94. The van der Waals surface area contributed by atoms with Gasteiger partial charge in [0.2, 0.25) is 11.8 Å². The van der Waals surface area contributed by atoms with Crippen molar-refractivity contribution in [1.29, 1.82) is 0 Å². The third kappa shape index (κ3) is 2.73. The maximum absolute atomic E-state index is 11.6. The smallest absolute Gasteiger partial charge is 0.241 e. The number of hydrogen-bond acceptors (Lipinski definition) is 6. The van der Waals surface area contributed by atoms with Gasteiger partial charge in [0.25, 0.3) is 0 Å². The van der Waals surface area contributed by atoms with Crippen molar-refractivity contribution < 1.29 is 9.53 Å². The van der Waals surface area contributed by atoms with E-state index in [1.807, 2.05) is 42.5 Å². The second-order valence-corrected chi connectivity index (χ2v) is 8.34. The van der Waals surface area contributed by atoms with Crippen molar-refractivity contribution in [2.75, 3.05) is 6.54 Å². The molecule has 9 heteroatoms. The van der Waals surface area contributed by atoms with Crippen molar-refractivity contribution in [1.82, 2.24) is 29.6 Å². The van der Waals surface area contributed by atoms with Gasteiger partial charge >= 0.3 is 0 Å². The molecule has 0 saturated carbocycles. The van der Waals surface area contributed by atoms with Crippen LogP contribution < -0.4 is 10.1 Å². The van der Waals surface area contributed by atoms with E-state index in [4.69, 9.17) is 9.72 Å². The van der Waals surface area contributed by atoms with Crippen molar-refractivity contribution in [2.45, 2.75) is 19.4 Å². The van der Waals surface area contributed by atoms with E-state index in [1.54, 1.807) is 17.7 Å². The number of amides is 1. The molecule has 5 heterocycles. The molecule has 1 saturated heterocycles. The standard InChI is InChI=1S/C19H20N6O2S/c1-10(11-4-17(26)20-7-11)27-19-18-13(21-9-24(18)2)5-12(23-19)15-6-14-16(28-15)8-22-25(14)3/h5-6,8-11H,4,7H2,1-3H3,(H,20,26)/t10-,11?/m1/s1. The van der Waals surface area contributed by atoms with Crippen LogP contribution in [0.5, 0.6) is 5.88 Å². The lowest BCUT2D eigenvalue weighted by Gasteiger charge is -2.20. The molecule has 8 nitrogen and oxygen atoms in total. The molecule has 0 radical (unpaired) electrons. The topological polar surface area (TPSA) is 86.9 Å². The molecular weight excluding hydrogens is 376 g/mol. The summed E-state index contributed by atoms with van der Waals surface area (Å²) in [5.74, 6) is 0.762. The van der Waals surface area contributed by atoms with Crippen LogP contribution in [-0.4, -0.2) is 42.9 Å². The number of nitrogens with zero attached hydrogens (tertiary/aromatic N) is 5. The molecule has 4 aromatic heterocycles. The summed E-state index contributed by atoms with van der Waals surface area (Å²) in [4.78, 5) is 21.9. The van der Waals surface area contributed by atoms with Crippen molar-refractivity contribution >= 4 is 38.5 Å². The molecule has 0 aliphatic carbocycles. The lowest BCUT2D eigenvalue weighted by atomic mass is 10.0. The van der Waals surface area contributed by atoms with E-state index in [0.29, 0.717) is 18.8 Å². The largest absolute Gasteiger partial charge is 0.473 e. The predicted octanol–water partition coefficient (Wildman–Crippen LogP) is 2.49. The average Bonchev–Trinajstić information content (AvgIpc) is 3.42. The summed E-state index contributed by atoms with van der Waals surface area (Å²) in [6, 6.07) is 4.09. The Labute approximate surface area is 165 Å². The number of pyridine rings is 1. The predicted molar refractivity (Wildman–Crippen MR) is 107 cm³/mol. The summed E-state index contributed by atoms with van der Waals surface area (Å²) >= 11 is 1.65. The molecule has 4 aromatic rings. The van der Waals surface area contributed by atoms with Crippen LogP contribution in [0.15, 0.2) is 24.7 Å². The molecule has 1 unspecified atom stereocenters. The van der Waals surface area contributed by atoms with Crippen molar-refractivity contribution in [3.05, 3.63) is 24.7 Å². The number of nitrogens with one attached hydrogen (secondary N) is 1. The lowest BCUT2D eigenvalue weighted by Crippen LogP contribution is -2.26. The first-order valence-electron chi connectivity index (χ1n) is 9.17. The van der Waals surface area contributed by atoms with E-state index in [-0.39, 0.29) is 17.9 Å². The maximum Gasteiger partial charge on any atom is 0.241 e. The van der Waals surface area contributed by atoms with E-state index < -0.39 is 0 Å². The molecule has 1 fully saturated rings. The molecule has 1 aliphatic heterocycles. The van der Waals surface area contributed by atoms with Gasteiger partial charge in [0, 0.05) is 33.0 Å². The van der Waals surface area contributed by atoms with Gasteiger partial charge in [-0.05, 0) is 19.1 Å². The quantitative estimate of drug-likeness (QED) is 0.573. The van der Waals surface area contributed by atoms with Gasteiger partial charge in [0.1, 0.15) is 11.6 Å². The molecule has 0 spiro atoms. The van der Waals surface area contributed by atoms with Gasteiger partial charge in [-0.15, -0.1) is 11.3 Å². The minimum Gasteiger partial charge on any atom is -0.473 e. The highest BCUT2D eigenvalue weighted by molar-refractivity contribution is 7.22. The van der Waals surface area contributed by atoms with Crippen LogP contribution in [0.25, 0.3) is 31.8 Å². The molecule has 1 amide bonds. The fourth-order valence-electron chi connectivity index (χ4n) is 3.65. The van der Waals surface area contributed by atoms with Crippen LogP contribution in [0.1, 0.15) is 13.3 Å². The Morgan fingerprint density at radius 2 is 2.21 bits per heavy atom. The number of thiophene rings is 1.